The molecule has 0 N–H and O–H groups in total. The molecular weight excluding hydrogens is 319 g/mol. The van der Waals surface area contributed by atoms with Gasteiger partial charge in [-0.15, -0.1) is 0 Å². The summed E-state index contributed by atoms with van der Waals surface area (Å²) in [6.07, 6.45) is 0.0275. The van der Waals surface area contributed by atoms with Gasteiger partial charge in [-0.05, 0) is 0 Å². The predicted octanol–water partition coefficient (Wildman–Crippen LogP) is 2.77. The molecule has 0 saturated heterocycles. The molecule has 1 aromatic carbocycles. The summed E-state index contributed by atoms with van der Waals surface area (Å²) in [5.74, 6) is 0.635. The molecule has 0 radical (unpaired) electrons. The number of nitro benzene ring substituents is 1. The second kappa shape index (κ2) is 6.07. The van der Waals surface area contributed by atoms with Crippen LogP contribution in [0.25, 0.3) is 0 Å². The number of benzene rings is 1. The summed E-state index contributed by atoms with van der Waals surface area (Å²) in [6.45, 7) is 3.80. The Labute approximate surface area is 105 Å². The molecular formula is C10H11ClNO3Ru. The number of hydrogen-bond donors (Lipinski definition) is 0. The molecule has 4 nitrogen and oxygen atoms in total. The number of non-ortho nitro benzene ring substituents is 1. The Bertz CT molecular complexity index is 421. The topological polar surface area (TPSA) is 52.4 Å². The summed E-state index contributed by atoms with van der Waals surface area (Å²) < 4.78 is 7.31. The Kier molecular flexibility index (Phi) is 5.03. The molecule has 0 amide bonds. The van der Waals surface area contributed by atoms with Gasteiger partial charge in [-0.25, -0.2) is 0 Å². The third-order valence-corrected chi connectivity index (χ3v) is 2.90. The summed E-state index contributed by atoms with van der Waals surface area (Å²) >= 11 is -0.440. The van der Waals surface area contributed by atoms with Gasteiger partial charge in [-0.3, -0.25) is 0 Å². The zero-order chi connectivity index (χ0) is 12.1. The summed E-state index contributed by atoms with van der Waals surface area (Å²) in [6, 6.07) is 4.52. The van der Waals surface area contributed by atoms with Crippen molar-refractivity contribution in [2.45, 2.75) is 20.0 Å². The molecule has 16 heavy (non-hydrogen) atoms. The van der Waals surface area contributed by atoms with E-state index in [1.165, 1.54) is 12.1 Å². The van der Waals surface area contributed by atoms with Gasteiger partial charge in [0.1, 0.15) is 0 Å². The Morgan fingerprint density at radius 1 is 1.56 bits per heavy atom. The van der Waals surface area contributed by atoms with Crippen LogP contribution in [0.2, 0.25) is 0 Å². The fourth-order valence-electron chi connectivity index (χ4n) is 1.13. The third kappa shape index (κ3) is 3.65. The van der Waals surface area contributed by atoms with Crippen LogP contribution in [-0.2, 0) is 15.7 Å². The van der Waals surface area contributed by atoms with Crippen molar-refractivity contribution in [2.75, 3.05) is 0 Å². The SMILES string of the molecule is CC(C)Oc1ccc([N+](=O)[O-])cc1[CH]=[Ru][Cl]. The van der Waals surface area contributed by atoms with Crippen LogP contribution in [0.5, 0.6) is 5.75 Å². The van der Waals surface area contributed by atoms with Gasteiger partial charge < -0.3 is 0 Å². The average Bonchev–Trinajstić information content (AvgIpc) is 2.20. The van der Waals surface area contributed by atoms with Gasteiger partial charge in [0.2, 0.25) is 0 Å². The zero-order valence-electron chi connectivity index (χ0n) is 8.79. The molecule has 1 aromatic rings. The van der Waals surface area contributed by atoms with Gasteiger partial charge in [0.05, 0.1) is 0 Å². The van der Waals surface area contributed by atoms with Crippen LogP contribution in [0.4, 0.5) is 5.69 Å². The Balaban J connectivity index is 3.13. The van der Waals surface area contributed by atoms with E-state index in [4.69, 9.17) is 14.4 Å². The van der Waals surface area contributed by atoms with E-state index in [1.54, 1.807) is 10.7 Å². The van der Waals surface area contributed by atoms with Gasteiger partial charge in [-0.1, -0.05) is 0 Å². The van der Waals surface area contributed by atoms with Crippen molar-refractivity contribution in [3.63, 3.8) is 0 Å². The molecule has 89 valence electrons. The maximum atomic E-state index is 10.6. The quantitative estimate of drug-likeness (QED) is 0.485. The van der Waals surface area contributed by atoms with Gasteiger partial charge in [0, 0.05) is 0 Å². The summed E-state index contributed by atoms with van der Waals surface area (Å²) in [4.78, 5) is 10.2. The van der Waals surface area contributed by atoms with Crippen LogP contribution in [0, 0.1) is 10.1 Å². The number of nitrogens with zero attached hydrogens (tertiary/aromatic N) is 1. The van der Waals surface area contributed by atoms with Gasteiger partial charge >= 0.3 is 105 Å². The maximum absolute atomic E-state index is 10.6. The second-order valence-electron chi connectivity index (χ2n) is 3.33. The molecule has 0 atom stereocenters. The number of nitro groups is 1. The van der Waals surface area contributed by atoms with E-state index in [-0.39, 0.29) is 11.8 Å². The molecule has 0 heterocycles. The summed E-state index contributed by atoms with van der Waals surface area (Å²) in [5.41, 5.74) is 0.740. The normalized spacial score (nSPS) is 11.5. The molecule has 0 unspecified atom stereocenters. The van der Waals surface area contributed by atoms with E-state index in [0.29, 0.717) is 11.3 Å². The van der Waals surface area contributed by atoms with Crippen molar-refractivity contribution in [1.82, 2.24) is 0 Å². The van der Waals surface area contributed by atoms with Gasteiger partial charge in [-0.2, -0.15) is 0 Å². The van der Waals surface area contributed by atoms with E-state index in [2.05, 4.69) is 0 Å². The van der Waals surface area contributed by atoms with Crippen LogP contribution >= 0.6 is 9.69 Å². The van der Waals surface area contributed by atoms with Crippen molar-refractivity contribution in [2.24, 2.45) is 0 Å². The van der Waals surface area contributed by atoms with Crippen molar-refractivity contribution in [3.8, 4) is 5.75 Å². The van der Waals surface area contributed by atoms with Crippen molar-refractivity contribution in [3.05, 3.63) is 33.9 Å². The standard InChI is InChI=1S/C10H11NO3.ClH.Ru/c1-7(2)14-10-5-4-9(11(12)13)6-8(10)3;;/h3-7H,1-2H3;1H;/q;;+1/p-1. The zero-order valence-corrected chi connectivity index (χ0v) is 11.3. The number of rotatable bonds is 4. The van der Waals surface area contributed by atoms with Crippen molar-refractivity contribution >= 4 is 20.0 Å². The fraction of sp³-hybridized carbons (Fsp3) is 0.300. The monoisotopic (exact) mass is 330 g/mol. The van der Waals surface area contributed by atoms with Crippen LogP contribution in [0.3, 0.4) is 0 Å². The number of halogens is 1. The van der Waals surface area contributed by atoms with Crippen LogP contribution < -0.4 is 4.74 Å². The fourth-order valence-corrected chi connectivity index (χ4v) is 2.22. The molecule has 1 rings (SSSR count). The first-order valence-electron chi connectivity index (χ1n) is 4.55. The van der Waals surface area contributed by atoms with E-state index < -0.39 is 20.6 Å². The molecule has 0 aromatic heterocycles. The van der Waals surface area contributed by atoms with Crippen molar-refractivity contribution < 1.29 is 25.3 Å². The van der Waals surface area contributed by atoms with Crippen LogP contribution in [0.15, 0.2) is 18.2 Å². The van der Waals surface area contributed by atoms with E-state index in [9.17, 15) is 10.1 Å². The predicted molar refractivity (Wildman–Crippen MR) is 59.9 cm³/mol. The molecule has 0 fully saturated rings. The van der Waals surface area contributed by atoms with Gasteiger partial charge in [0.25, 0.3) is 0 Å². The average molecular weight is 330 g/mol. The first kappa shape index (κ1) is 13.3. The Morgan fingerprint density at radius 2 is 2.25 bits per heavy atom. The molecule has 0 bridgehead atoms. The van der Waals surface area contributed by atoms with E-state index in [1.807, 2.05) is 13.8 Å². The molecule has 0 spiro atoms. The second-order valence-corrected chi connectivity index (χ2v) is 5.12. The minimum absolute atomic E-state index is 0.0275. The number of hydrogen-bond acceptors (Lipinski definition) is 3. The molecule has 0 aliphatic heterocycles. The first-order valence-corrected chi connectivity index (χ1v) is 7.79. The Hall–Kier alpha value is -0.797. The van der Waals surface area contributed by atoms with E-state index in [0.717, 1.165) is 0 Å². The molecule has 0 saturated carbocycles. The Morgan fingerprint density at radius 3 is 2.75 bits per heavy atom. The van der Waals surface area contributed by atoms with Crippen LogP contribution in [-0.4, -0.2) is 15.6 Å². The summed E-state index contributed by atoms with van der Waals surface area (Å²) in [7, 11) is 5.69. The third-order valence-electron chi connectivity index (χ3n) is 1.72. The van der Waals surface area contributed by atoms with Crippen LogP contribution in [0.1, 0.15) is 19.4 Å². The first-order chi connectivity index (χ1) is 7.54. The molecule has 6 heteroatoms. The van der Waals surface area contributed by atoms with E-state index >= 15 is 0 Å². The van der Waals surface area contributed by atoms with Gasteiger partial charge in [0.15, 0.2) is 0 Å². The summed E-state index contributed by atoms with van der Waals surface area (Å²) in [5, 5.41) is 10.6. The minimum atomic E-state index is -0.440. The number of ether oxygens (including phenoxy) is 1. The van der Waals surface area contributed by atoms with Crippen molar-refractivity contribution in [1.29, 1.82) is 0 Å². The molecule has 0 aliphatic carbocycles. The molecule has 0 aliphatic rings.